The van der Waals surface area contributed by atoms with Crippen molar-refractivity contribution in [3.05, 3.63) is 71.2 Å². The lowest BCUT2D eigenvalue weighted by molar-refractivity contribution is -0.141. The predicted octanol–water partition coefficient (Wildman–Crippen LogP) is 4.58. The first kappa shape index (κ1) is 24.8. The van der Waals surface area contributed by atoms with Gasteiger partial charge in [-0.25, -0.2) is 4.98 Å². The molecule has 1 aliphatic carbocycles. The highest BCUT2D eigenvalue weighted by Crippen LogP contribution is 2.58. The molecule has 1 amide bonds. The number of nitrogens with zero attached hydrogens (tertiary/aromatic N) is 3. The van der Waals surface area contributed by atoms with E-state index in [-0.39, 0.29) is 17.1 Å². The van der Waals surface area contributed by atoms with Crippen molar-refractivity contribution in [1.29, 1.82) is 0 Å². The van der Waals surface area contributed by atoms with Crippen LogP contribution in [0.2, 0.25) is 0 Å². The zero-order chi connectivity index (χ0) is 26.7. The second-order valence-corrected chi connectivity index (χ2v) is 10.5. The fourth-order valence-corrected chi connectivity index (χ4v) is 5.50. The van der Waals surface area contributed by atoms with E-state index in [1.54, 1.807) is 6.07 Å². The molecule has 0 bridgehead atoms. The molecule has 38 heavy (non-hydrogen) atoms. The van der Waals surface area contributed by atoms with E-state index in [1.165, 1.54) is 6.07 Å². The fraction of sp³-hybridized carbons (Fsp3) is 0.393. The Morgan fingerprint density at radius 2 is 2.00 bits per heavy atom. The smallest absolute Gasteiger partial charge is 0.389 e. The number of alkyl halides is 3. The second-order valence-electron chi connectivity index (χ2n) is 10.5. The van der Waals surface area contributed by atoms with Crippen LogP contribution in [0.1, 0.15) is 40.2 Å². The SMILES string of the molecule is Cc1ccc(NC(=O)c2ccnc(C(F)(F)F)c2)cc1-c1cc(N2CC(O)C2)nc(C23CCOCC2C3)c1. The number of β-amino-alcohol motifs (C(OH)–C–C–N with tert-alkyl or cyclic N) is 1. The first-order chi connectivity index (χ1) is 18.1. The molecule has 3 aliphatic rings. The number of carbonyl (C=O) groups excluding carboxylic acids is 1. The summed E-state index contributed by atoms with van der Waals surface area (Å²) in [5.41, 5.74) is 3.05. The number of anilines is 2. The number of aryl methyl sites for hydroxylation is 1. The number of ether oxygens (including phenoxy) is 1. The third kappa shape index (κ3) is 4.52. The normalized spacial score (nSPS) is 23.0. The number of pyridine rings is 2. The van der Waals surface area contributed by atoms with Crippen LogP contribution < -0.4 is 10.2 Å². The number of nitrogens with one attached hydrogen (secondary N) is 1. The summed E-state index contributed by atoms with van der Waals surface area (Å²) in [6.07, 6.45) is -2.08. The van der Waals surface area contributed by atoms with Crippen LogP contribution in [0, 0.1) is 12.8 Å². The molecular weight excluding hydrogens is 497 g/mol. The van der Waals surface area contributed by atoms with Crippen molar-refractivity contribution in [3.63, 3.8) is 0 Å². The highest BCUT2D eigenvalue weighted by atomic mass is 19.4. The van der Waals surface area contributed by atoms with Crippen LogP contribution in [-0.4, -0.2) is 53.4 Å². The van der Waals surface area contributed by atoms with Gasteiger partial charge < -0.3 is 20.1 Å². The Balaban J connectivity index is 1.33. The number of aliphatic hydroxyl groups is 1. The molecule has 0 radical (unpaired) electrons. The summed E-state index contributed by atoms with van der Waals surface area (Å²) >= 11 is 0. The number of halogens is 3. The van der Waals surface area contributed by atoms with E-state index in [0.29, 0.717) is 31.3 Å². The number of amides is 1. The first-order valence-corrected chi connectivity index (χ1v) is 12.6. The quantitative estimate of drug-likeness (QED) is 0.508. The molecule has 1 saturated carbocycles. The van der Waals surface area contributed by atoms with Crippen molar-refractivity contribution < 1.29 is 27.8 Å². The molecule has 198 valence electrons. The lowest BCUT2D eigenvalue weighted by atomic mass is 9.90. The van der Waals surface area contributed by atoms with Crippen LogP contribution in [0.25, 0.3) is 11.1 Å². The lowest BCUT2D eigenvalue weighted by Gasteiger charge is -2.37. The highest BCUT2D eigenvalue weighted by molar-refractivity contribution is 6.04. The van der Waals surface area contributed by atoms with Crippen molar-refractivity contribution >= 4 is 17.4 Å². The molecule has 1 aromatic carbocycles. The molecule has 3 aromatic rings. The Morgan fingerprint density at radius 1 is 1.18 bits per heavy atom. The van der Waals surface area contributed by atoms with Gasteiger partial charge in [-0.3, -0.25) is 9.78 Å². The number of carbonyl (C=O) groups is 1. The Morgan fingerprint density at radius 3 is 2.74 bits per heavy atom. The van der Waals surface area contributed by atoms with E-state index in [0.717, 1.165) is 59.9 Å². The maximum absolute atomic E-state index is 13.1. The minimum atomic E-state index is -4.64. The third-order valence-corrected chi connectivity index (χ3v) is 7.87. The van der Waals surface area contributed by atoms with Crippen molar-refractivity contribution in [1.82, 2.24) is 9.97 Å². The fourth-order valence-electron chi connectivity index (χ4n) is 5.50. The van der Waals surface area contributed by atoms with Gasteiger partial charge in [0.15, 0.2) is 0 Å². The Bertz CT molecular complexity index is 1410. The van der Waals surface area contributed by atoms with Gasteiger partial charge in [-0.15, -0.1) is 0 Å². The average molecular weight is 525 g/mol. The highest BCUT2D eigenvalue weighted by Gasteiger charge is 2.58. The summed E-state index contributed by atoms with van der Waals surface area (Å²) < 4.78 is 44.8. The van der Waals surface area contributed by atoms with E-state index in [9.17, 15) is 23.1 Å². The Hall–Kier alpha value is -3.50. The Labute approximate surface area is 217 Å². The maximum atomic E-state index is 13.1. The molecule has 2 N–H and O–H groups in total. The number of fused-ring (bicyclic) bond motifs is 1. The summed E-state index contributed by atoms with van der Waals surface area (Å²) in [7, 11) is 0. The maximum Gasteiger partial charge on any atom is 0.433 e. The summed E-state index contributed by atoms with van der Waals surface area (Å²) in [5, 5.41) is 12.6. The van der Waals surface area contributed by atoms with Crippen LogP contribution in [0.15, 0.2) is 48.7 Å². The molecule has 2 saturated heterocycles. The van der Waals surface area contributed by atoms with Gasteiger partial charge in [-0.2, -0.15) is 13.2 Å². The van der Waals surface area contributed by atoms with Crippen LogP contribution in [-0.2, 0) is 16.3 Å². The zero-order valence-corrected chi connectivity index (χ0v) is 20.8. The second kappa shape index (κ2) is 9.06. The molecule has 3 fully saturated rings. The van der Waals surface area contributed by atoms with Crippen LogP contribution in [0.3, 0.4) is 0 Å². The molecule has 0 spiro atoms. The van der Waals surface area contributed by atoms with E-state index in [2.05, 4.69) is 16.4 Å². The van der Waals surface area contributed by atoms with Crippen molar-refractivity contribution in [2.45, 2.75) is 37.5 Å². The summed E-state index contributed by atoms with van der Waals surface area (Å²) in [6, 6.07) is 11.5. The Kier molecular flexibility index (Phi) is 5.92. The number of benzene rings is 1. The van der Waals surface area contributed by atoms with Crippen LogP contribution in [0.5, 0.6) is 0 Å². The van der Waals surface area contributed by atoms with Gasteiger partial charge in [0.1, 0.15) is 11.5 Å². The monoisotopic (exact) mass is 524 g/mol. The minimum absolute atomic E-state index is 0.00373. The number of rotatable bonds is 5. The van der Waals surface area contributed by atoms with Gasteiger partial charge in [0.25, 0.3) is 5.91 Å². The zero-order valence-electron chi connectivity index (χ0n) is 20.8. The average Bonchev–Trinajstić information content (AvgIpc) is 3.63. The number of hydrogen-bond donors (Lipinski definition) is 2. The molecule has 2 aliphatic heterocycles. The minimum Gasteiger partial charge on any atom is -0.389 e. The summed E-state index contributed by atoms with van der Waals surface area (Å²) in [4.78, 5) is 23.2. The van der Waals surface area contributed by atoms with E-state index in [1.807, 2.05) is 30.0 Å². The van der Waals surface area contributed by atoms with Crippen molar-refractivity contribution in [2.24, 2.45) is 5.92 Å². The lowest BCUT2D eigenvalue weighted by Crippen LogP contribution is -2.51. The third-order valence-electron chi connectivity index (χ3n) is 7.87. The van der Waals surface area contributed by atoms with Gasteiger partial charge in [0.2, 0.25) is 0 Å². The van der Waals surface area contributed by atoms with E-state index in [4.69, 9.17) is 9.72 Å². The number of aromatic nitrogens is 2. The molecule has 2 aromatic heterocycles. The number of hydrogen-bond acceptors (Lipinski definition) is 6. The molecule has 2 unspecified atom stereocenters. The van der Waals surface area contributed by atoms with Gasteiger partial charge in [0.05, 0.1) is 18.4 Å². The van der Waals surface area contributed by atoms with Gasteiger partial charge in [-0.1, -0.05) is 6.07 Å². The molecule has 4 heterocycles. The molecule has 7 nitrogen and oxygen atoms in total. The molecule has 2 atom stereocenters. The van der Waals surface area contributed by atoms with Gasteiger partial charge in [-0.05, 0) is 78.8 Å². The van der Waals surface area contributed by atoms with Crippen molar-refractivity contribution in [2.75, 3.05) is 36.5 Å². The largest absolute Gasteiger partial charge is 0.433 e. The molecule has 10 heteroatoms. The van der Waals surface area contributed by atoms with Crippen LogP contribution in [0.4, 0.5) is 24.7 Å². The summed E-state index contributed by atoms with van der Waals surface area (Å²) in [5.74, 6) is 0.599. The van der Waals surface area contributed by atoms with E-state index < -0.39 is 17.8 Å². The summed E-state index contributed by atoms with van der Waals surface area (Å²) in [6.45, 7) is 4.45. The number of aliphatic hydroxyl groups excluding tert-OH is 1. The standard InChI is InChI=1S/C28H27F3N4O3/c1-16-2-3-20(33-26(37)17-4-6-32-24(8-17)28(29,30)31)11-22(16)18-9-23(27-5-7-38-15-19(27)12-27)34-25(10-18)35-13-21(36)14-35/h2-4,6,8-11,19,21,36H,5,7,12-15H2,1H3,(H,33,37). The van der Waals surface area contributed by atoms with Gasteiger partial charge in [0, 0.05) is 42.6 Å². The van der Waals surface area contributed by atoms with Gasteiger partial charge >= 0.3 is 6.18 Å². The predicted molar refractivity (Wildman–Crippen MR) is 135 cm³/mol. The molecule has 6 rings (SSSR count). The van der Waals surface area contributed by atoms with Crippen LogP contribution >= 0.6 is 0 Å². The topological polar surface area (TPSA) is 87.6 Å². The first-order valence-electron chi connectivity index (χ1n) is 12.6. The van der Waals surface area contributed by atoms with E-state index >= 15 is 0 Å². The van der Waals surface area contributed by atoms with Crippen molar-refractivity contribution in [3.8, 4) is 11.1 Å². The molecular formula is C28H27F3N4O3.